The third kappa shape index (κ3) is 5.24. The van der Waals surface area contributed by atoms with Gasteiger partial charge in [-0.2, -0.15) is 0 Å². The van der Waals surface area contributed by atoms with Gasteiger partial charge < -0.3 is 5.32 Å². The molecule has 0 radical (unpaired) electrons. The first-order valence-electron chi connectivity index (χ1n) is 5.40. The van der Waals surface area contributed by atoms with Crippen molar-refractivity contribution >= 4 is 35.2 Å². The van der Waals surface area contributed by atoms with Gasteiger partial charge in [-0.25, -0.2) is 0 Å². The van der Waals surface area contributed by atoms with E-state index in [2.05, 4.69) is 5.32 Å². The number of benzene rings is 1. The van der Waals surface area contributed by atoms with E-state index in [1.165, 1.54) is 0 Å². The van der Waals surface area contributed by atoms with Gasteiger partial charge in [0.25, 0.3) is 0 Å². The predicted molar refractivity (Wildman–Crippen MR) is 73.1 cm³/mol. The fourth-order valence-corrected chi connectivity index (χ4v) is 1.58. The van der Waals surface area contributed by atoms with Crippen molar-refractivity contribution in [1.29, 1.82) is 0 Å². The van der Waals surface area contributed by atoms with E-state index in [-0.39, 0.29) is 5.91 Å². The molecule has 0 saturated carbocycles. The van der Waals surface area contributed by atoms with Gasteiger partial charge >= 0.3 is 0 Å². The number of halogens is 2. The summed E-state index contributed by atoms with van der Waals surface area (Å²) in [4.78, 5) is 11.4. The average Bonchev–Trinajstić information content (AvgIpc) is 2.22. The molecule has 2 nitrogen and oxygen atoms in total. The van der Waals surface area contributed by atoms with Crippen molar-refractivity contribution in [2.75, 3.05) is 0 Å². The van der Waals surface area contributed by atoms with Crippen LogP contribution in [0.1, 0.15) is 25.8 Å². The Morgan fingerprint density at radius 2 is 2.06 bits per heavy atom. The summed E-state index contributed by atoms with van der Waals surface area (Å²) in [6.07, 6.45) is 3.91. The molecule has 1 rings (SSSR count). The Balaban J connectivity index is 2.53. The van der Waals surface area contributed by atoms with Crippen LogP contribution in [0.4, 0.5) is 0 Å². The molecule has 0 bridgehead atoms. The minimum absolute atomic E-state index is 0.0105. The van der Waals surface area contributed by atoms with E-state index in [0.717, 1.165) is 5.56 Å². The lowest BCUT2D eigenvalue weighted by molar-refractivity contribution is -0.120. The molecule has 0 fully saturated rings. The summed E-state index contributed by atoms with van der Waals surface area (Å²) >= 11 is 11.7. The molecule has 1 amide bonds. The van der Waals surface area contributed by atoms with Crippen LogP contribution in [0.25, 0.3) is 6.08 Å². The van der Waals surface area contributed by atoms with Gasteiger partial charge in [0.1, 0.15) is 0 Å². The molecule has 0 aliphatic heterocycles. The molecule has 4 heteroatoms. The smallest absolute Gasteiger partial charge is 0.224 e. The highest BCUT2D eigenvalue weighted by Crippen LogP contribution is 2.22. The number of hydrogen-bond donors (Lipinski definition) is 1. The van der Waals surface area contributed by atoms with Crippen LogP contribution in [-0.4, -0.2) is 5.91 Å². The van der Waals surface area contributed by atoms with Crippen LogP contribution in [0.5, 0.6) is 0 Å². The zero-order valence-electron chi connectivity index (χ0n) is 9.84. The van der Waals surface area contributed by atoms with Gasteiger partial charge in [0.15, 0.2) is 0 Å². The first kappa shape index (κ1) is 14.1. The summed E-state index contributed by atoms with van der Waals surface area (Å²) in [5.74, 6) is 0.365. The summed E-state index contributed by atoms with van der Waals surface area (Å²) < 4.78 is 0. The second-order valence-corrected chi connectivity index (χ2v) is 4.99. The Hall–Kier alpha value is -0.990. The fraction of sp³-hybridized carbons (Fsp3) is 0.308. The SMILES string of the molecule is CC(C)CC(=O)N/C=C/c1ccc(Cl)c(Cl)c1. The van der Waals surface area contributed by atoms with Crippen LogP contribution < -0.4 is 5.32 Å². The highest BCUT2D eigenvalue weighted by atomic mass is 35.5. The van der Waals surface area contributed by atoms with Crippen LogP contribution >= 0.6 is 23.2 Å². The van der Waals surface area contributed by atoms with Crippen molar-refractivity contribution in [2.24, 2.45) is 5.92 Å². The van der Waals surface area contributed by atoms with Gasteiger partial charge in [0, 0.05) is 12.6 Å². The van der Waals surface area contributed by atoms with E-state index in [1.54, 1.807) is 24.4 Å². The number of carbonyl (C=O) groups excluding carboxylic acids is 1. The molecule has 1 aromatic rings. The summed E-state index contributed by atoms with van der Waals surface area (Å²) in [6.45, 7) is 4.00. The zero-order valence-corrected chi connectivity index (χ0v) is 11.3. The van der Waals surface area contributed by atoms with Crippen LogP contribution in [0.3, 0.4) is 0 Å². The standard InChI is InChI=1S/C13H15Cl2NO/c1-9(2)7-13(17)16-6-5-10-3-4-11(14)12(15)8-10/h3-6,8-9H,7H2,1-2H3,(H,16,17)/b6-5+. The Morgan fingerprint density at radius 3 is 2.65 bits per heavy atom. The molecular weight excluding hydrogens is 257 g/mol. The monoisotopic (exact) mass is 271 g/mol. The Labute approximate surface area is 112 Å². The van der Waals surface area contributed by atoms with E-state index in [4.69, 9.17) is 23.2 Å². The third-order valence-electron chi connectivity index (χ3n) is 2.06. The molecule has 0 spiro atoms. The quantitative estimate of drug-likeness (QED) is 0.877. The highest BCUT2D eigenvalue weighted by Gasteiger charge is 2.01. The summed E-state index contributed by atoms with van der Waals surface area (Å²) in [5, 5.41) is 3.72. The van der Waals surface area contributed by atoms with E-state index in [1.807, 2.05) is 19.9 Å². The molecule has 0 saturated heterocycles. The van der Waals surface area contributed by atoms with Gasteiger partial charge in [0.05, 0.1) is 10.0 Å². The van der Waals surface area contributed by atoms with Crippen molar-refractivity contribution in [3.63, 3.8) is 0 Å². The first-order chi connectivity index (χ1) is 7.99. The maximum absolute atomic E-state index is 11.4. The molecule has 1 N–H and O–H groups in total. The molecule has 0 aliphatic carbocycles. The van der Waals surface area contributed by atoms with Crippen molar-refractivity contribution in [3.8, 4) is 0 Å². The lowest BCUT2D eigenvalue weighted by atomic mass is 10.1. The summed E-state index contributed by atoms with van der Waals surface area (Å²) in [5.41, 5.74) is 0.893. The van der Waals surface area contributed by atoms with E-state index < -0.39 is 0 Å². The van der Waals surface area contributed by atoms with Crippen molar-refractivity contribution in [2.45, 2.75) is 20.3 Å². The Kier molecular flexibility index (Phi) is 5.52. The number of hydrogen-bond acceptors (Lipinski definition) is 1. The molecule has 0 aromatic heterocycles. The highest BCUT2D eigenvalue weighted by molar-refractivity contribution is 6.42. The number of carbonyl (C=O) groups is 1. The average molecular weight is 272 g/mol. The van der Waals surface area contributed by atoms with Crippen molar-refractivity contribution < 1.29 is 4.79 Å². The molecule has 17 heavy (non-hydrogen) atoms. The minimum atomic E-state index is 0.0105. The lowest BCUT2D eigenvalue weighted by Crippen LogP contribution is -2.18. The van der Waals surface area contributed by atoms with E-state index in [9.17, 15) is 4.79 Å². The normalized spacial score (nSPS) is 11.1. The van der Waals surface area contributed by atoms with Crippen LogP contribution in [0, 0.1) is 5.92 Å². The van der Waals surface area contributed by atoms with Crippen LogP contribution in [0.15, 0.2) is 24.4 Å². The third-order valence-corrected chi connectivity index (χ3v) is 2.80. The lowest BCUT2D eigenvalue weighted by Gasteiger charge is -2.02. The largest absolute Gasteiger partial charge is 0.333 e. The Morgan fingerprint density at radius 1 is 1.35 bits per heavy atom. The number of amides is 1. The van der Waals surface area contributed by atoms with Crippen molar-refractivity contribution in [1.82, 2.24) is 5.32 Å². The van der Waals surface area contributed by atoms with Gasteiger partial charge in [-0.3, -0.25) is 4.79 Å². The van der Waals surface area contributed by atoms with Gasteiger partial charge in [0.2, 0.25) is 5.91 Å². The fourth-order valence-electron chi connectivity index (χ4n) is 1.28. The Bertz CT molecular complexity index is 427. The maximum Gasteiger partial charge on any atom is 0.224 e. The van der Waals surface area contributed by atoms with E-state index in [0.29, 0.717) is 22.4 Å². The van der Waals surface area contributed by atoms with Crippen molar-refractivity contribution in [3.05, 3.63) is 40.0 Å². The van der Waals surface area contributed by atoms with E-state index >= 15 is 0 Å². The number of rotatable bonds is 4. The number of nitrogens with one attached hydrogen (secondary N) is 1. The molecule has 0 unspecified atom stereocenters. The molecule has 92 valence electrons. The predicted octanol–water partition coefficient (Wildman–Crippen LogP) is 4.13. The minimum Gasteiger partial charge on any atom is -0.333 e. The molecule has 1 aromatic carbocycles. The summed E-state index contributed by atoms with van der Waals surface area (Å²) in [7, 11) is 0. The van der Waals surface area contributed by atoms with Crippen LogP contribution in [-0.2, 0) is 4.79 Å². The zero-order chi connectivity index (χ0) is 12.8. The topological polar surface area (TPSA) is 29.1 Å². The second kappa shape index (κ2) is 6.67. The summed E-state index contributed by atoms with van der Waals surface area (Å²) in [6, 6.07) is 5.30. The molecule has 0 atom stereocenters. The van der Waals surface area contributed by atoms with Gasteiger partial charge in [-0.15, -0.1) is 0 Å². The molecule has 0 heterocycles. The second-order valence-electron chi connectivity index (χ2n) is 4.17. The first-order valence-corrected chi connectivity index (χ1v) is 6.15. The van der Waals surface area contributed by atoms with Crippen LogP contribution in [0.2, 0.25) is 10.0 Å². The van der Waals surface area contributed by atoms with Gasteiger partial charge in [-0.1, -0.05) is 43.1 Å². The van der Waals surface area contributed by atoms with Gasteiger partial charge in [-0.05, 0) is 29.7 Å². The molecular formula is C13H15Cl2NO. The maximum atomic E-state index is 11.4. The molecule has 0 aliphatic rings.